The average molecular weight is 319 g/mol. The molecule has 0 bridgehead atoms. The standard InChI is InChI=1S/C15H24ClFN2O2/c1-20-6-3-4-19(5-7-21-2)15(11-18)12-8-13(16)10-14(17)9-12/h8-10,15H,3-7,11,18H2,1-2H3. The SMILES string of the molecule is COCCCN(CCOC)C(CN)c1cc(F)cc(Cl)c1. The minimum atomic E-state index is -0.348. The minimum absolute atomic E-state index is 0.0924. The van der Waals surface area contributed by atoms with E-state index in [0.29, 0.717) is 24.8 Å². The lowest BCUT2D eigenvalue weighted by molar-refractivity contribution is 0.108. The van der Waals surface area contributed by atoms with Gasteiger partial charge in [-0.1, -0.05) is 11.6 Å². The number of rotatable bonds is 10. The lowest BCUT2D eigenvalue weighted by Crippen LogP contribution is -2.37. The van der Waals surface area contributed by atoms with Gasteiger partial charge in [0.05, 0.1) is 6.61 Å². The summed E-state index contributed by atoms with van der Waals surface area (Å²) in [6.45, 7) is 3.16. The van der Waals surface area contributed by atoms with Gasteiger partial charge in [-0.2, -0.15) is 0 Å². The zero-order chi connectivity index (χ0) is 15.7. The molecule has 1 unspecified atom stereocenters. The molecule has 1 rings (SSSR count). The Morgan fingerprint density at radius 2 is 1.90 bits per heavy atom. The van der Waals surface area contributed by atoms with Crippen LogP contribution >= 0.6 is 11.6 Å². The normalized spacial score (nSPS) is 12.9. The van der Waals surface area contributed by atoms with Crippen LogP contribution in [0.4, 0.5) is 4.39 Å². The molecule has 0 radical (unpaired) electrons. The van der Waals surface area contributed by atoms with Crippen molar-refractivity contribution >= 4 is 11.6 Å². The largest absolute Gasteiger partial charge is 0.385 e. The second-order valence-electron chi connectivity index (χ2n) is 4.83. The Bertz CT molecular complexity index is 400. The summed E-state index contributed by atoms with van der Waals surface area (Å²) < 4.78 is 23.8. The van der Waals surface area contributed by atoms with Crippen LogP contribution in [0.2, 0.25) is 5.02 Å². The highest BCUT2D eigenvalue weighted by atomic mass is 35.5. The quantitative estimate of drug-likeness (QED) is 0.673. The van der Waals surface area contributed by atoms with E-state index in [0.717, 1.165) is 25.1 Å². The van der Waals surface area contributed by atoms with Crippen molar-refractivity contribution in [2.24, 2.45) is 5.73 Å². The number of ether oxygens (including phenoxy) is 2. The molecule has 0 aliphatic carbocycles. The fourth-order valence-corrected chi connectivity index (χ4v) is 2.54. The second-order valence-corrected chi connectivity index (χ2v) is 5.27. The Kier molecular flexibility index (Phi) is 8.80. The Morgan fingerprint density at radius 1 is 1.19 bits per heavy atom. The van der Waals surface area contributed by atoms with E-state index in [-0.39, 0.29) is 11.9 Å². The van der Waals surface area contributed by atoms with Gasteiger partial charge in [-0.25, -0.2) is 4.39 Å². The molecular formula is C15H24ClFN2O2. The lowest BCUT2D eigenvalue weighted by Gasteiger charge is -2.31. The number of hydrogen-bond donors (Lipinski definition) is 1. The van der Waals surface area contributed by atoms with Gasteiger partial charge in [0.2, 0.25) is 0 Å². The number of nitrogens with two attached hydrogens (primary N) is 1. The van der Waals surface area contributed by atoms with Crippen LogP contribution in [0.3, 0.4) is 0 Å². The molecule has 21 heavy (non-hydrogen) atoms. The van der Waals surface area contributed by atoms with E-state index in [2.05, 4.69) is 4.90 Å². The van der Waals surface area contributed by atoms with Gasteiger partial charge in [-0.15, -0.1) is 0 Å². The molecule has 0 heterocycles. The molecule has 0 amide bonds. The van der Waals surface area contributed by atoms with Crippen LogP contribution in [-0.4, -0.2) is 52.0 Å². The number of hydrogen-bond acceptors (Lipinski definition) is 4. The van der Waals surface area contributed by atoms with Crippen LogP contribution < -0.4 is 5.73 Å². The number of methoxy groups -OCH3 is 2. The molecule has 1 atom stereocenters. The molecule has 0 aliphatic rings. The summed E-state index contributed by atoms with van der Waals surface area (Å²) in [6, 6.07) is 4.45. The molecule has 4 nitrogen and oxygen atoms in total. The molecule has 120 valence electrons. The lowest BCUT2D eigenvalue weighted by atomic mass is 10.0. The van der Waals surface area contributed by atoms with Crippen LogP contribution in [0.25, 0.3) is 0 Å². The molecule has 0 saturated heterocycles. The first-order valence-corrected chi connectivity index (χ1v) is 7.38. The third-order valence-corrected chi connectivity index (χ3v) is 3.53. The maximum Gasteiger partial charge on any atom is 0.125 e. The van der Waals surface area contributed by atoms with Gasteiger partial charge in [0, 0.05) is 51.5 Å². The summed E-state index contributed by atoms with van der Waals surface area (Å²) in [7, 11) is 3.33. The topological polar surface area (TPSA) is 47.7 Å². The first kappa shape index (κ1) is 18.3. The van der Waals surface area contributed by atoms with Gasteiger partial charge in [0.25, 0.3) is 0 Å². The van der Waals surface area contributed by atoms with Gasteiger partial charge in [0.1, 0.15) is 5.82 Å². The van der Waals surface area contributed by atoms with Gasteiger partial charge in [-0.05, 0) is 30.2 Å². The fraction of sp³-hybridized carbons (Fsp3) is 0.600. The average Bonchev–Trinajstić information content (AvgIpc) is 2.44. The van der Waals surface area contributed by atoms with Crippen molar-refractivity contribution in [3.8, 4) is 0 Å². The van der Waals surface area contributed by atoms with E-state index >= 15 is 0 Å². The maximum atomic E-state index is 13.6. The van der Waals surface area contributed by atoms with Gasteiger partial charge in [0.15, 0.2) is 0 Å². The number of halogens is 2. The smallest absolute Gasteiger partial charge is 0.125 e. The summed E-state index contributed by atoms with van der Waals surface area (Å²) in [5.74, 6) is -0.348. The molecule has 1 aromatic carbocycles. The summed E-state index contributed by atoms with van der Waals surface area (Å²) in [6.07, 6.45) is 0.875. The highest BCUT2D eigenvalue weighted by Crippen LogP contribution is 2.24. The van der Waals surface area contributed by atoms with Crippen LogP contribution in [0.15, 0.2) is 18.2 Å². The number of benzene rings is 1. The molecular weight excluding hydrogens is 295 g/mol. The molecule has 0 spiro atoms. The summed E-state index contributed by atoms with van der Waals surface area (Å²) in [5.41, 5.74) is 6.69. The highest BCUT2D eigenvalue weighted by molar-refractivity contribution is 6.30. The first-order chi connectivity index (χ1) is 10.1. The van der Waals surface area contributed by atoms with Gasteiger partial charge < -0.3 is 15.2 Å². The summed E-state index contributed by atoms with van der Waals surface area (Å²) in [5, 5.41) is 0.382. The molecule has 6 heteroatoms. The third kappa shape index (κ3) is 6.28. The van der Waals surface area contributed by atoms with Crippen molar-refractivity contribution in [1.29, 1.82) is 0 Å². The van der Waals surface area contributed by atoms with Crippen LogP contribution in [0.1, 0.15) is 18.0 Å². The van der Waals surface area contributed by atoms with E-state index in [1.54, 1.807) is 20.3 Å². The predicted molar refractivity (Wildman–Crippen MR) is 83.1 cm³/mol. The van der Waals surface area contributed by atoms with Crippen molar-refractivity contribution in [2.45, 2.75) is 12.5 Å². The van der Waals surface area contributed by atoms with E-state index in [1.807, 2.05) is 0 Å². The molecule has 0 aliphatic heterocycles. The number of nitrogens with zero attached hydrogens (tertiary/aromatic N) is 1. The van der Waals surface area contributed by atoms with Gasteiger partial charge in [-0.3, -0.25) is 4.90 Å². The Morgan fingerprint density at radius 3 is 2.48 bits per heavy atom. The summed E-state index contributed by atoms with van der Waals surface area (Å²) in [4.78, 5) is 2.17. The molecule has 0 fully saturated rings. The van der Waals surface area contributed by atoms with Crippen molar-refractivity contribution in [3.05, 3.63) is 34.6 Å². The van der Waals surface area contributed by atoms with E-state index in [1.165, 1.54) is 12.1 Å². The van der Waals surface area contributed by atoms with Crippen LogP contribution in [-0.2, 0) is 9.47 Å². The van der Waals surface area contributed by atoms with Crippen molar-refractivity contribution in [1.82, 2.24) is 4.90 Å². The predicted octanol–water partition coefficient (Wildman–Crippen LogP) is 2.46. The maximum absolute atomic E-state index is 13.6. The second kappa shape index (κ2) is 10.1. The first-order valence-electron chi connectivity index (χ1n) is 7.00. The van der Waals surface area contributed by atoms with Crippen LogP contribution in [0, 0.1) is 5.82 Å². The van der Waals surface area contributed by atoms with Crippen molar-refractivity contribution in [3.63, 3.8) is 0 Å². The van der Waals surface area contributed by atoms with E-state index in [9.17, 15) is 4.39 Å². The minimum Gasteiger partial charge on any atom is -0.385 e. The molecule has 0 saturated carbocycles. The Hall–Kier alpha value is -0.720. The van der Waals surface area contributed by atoms with E-state index < -0.39 is 0 Å². The zero-order valence-electron chi connectivity index (χ0n) is 12.6. The third-order valence-electron chi connectivity index (χ3n) is 3.31. The highest BCUT2D eigenvalue weighted by Gasteiger charge is 2.19. The monoisotopic (exact) mass is 318 g/mol. The fourth-order valence-electron chi connectivity index (χ4n) is 2.31. The van der Waals surface area contributed by atoms with Crippen molar-refractivity contribution < 1.29 is 13.9 Å². The molecule has 0 aromatic heterocycles. The molecule has 2 N–H and O–H groups in total. The molecule has 1 aromatic rings. The Labute approximate surface area is 131 Å². The van der Waals surface area contributed by atoms with Crippen LogP contribution in [0.5, 0.6) is 0 Å². The summed E-state index contributed by atoms with van der Waals surface area (Å²) >= 11 is 5.94. The van der Waals surface area contributed by atoms with Crippen molar-refractivity contribution in [2.75, 3.05) is 47.1 Å². The zero-order valence-corrected chi connectivity index (χ0v) is 13.4. The van der Waals surface area contributed by atoms with E-state index in [4.69, 9.17) is 26.8 Å². The van der Waals surface area contributed by atoms with Gasteiger partial charge >= 0.3 is 0 Å². The Balaban J connectivity index is 2.87.